The molecule has 0 aliphatic carbocycles. The number of hydrogen-bond donors (Lipinski definition) is 1. The lowest BCUT2D eigenvalue weighted by Crippen LogP contribution is -2.22. The summed E-state index contributed by atoms with van der Waals surface area (Å²) in [6.07, 6.45) is 0. The molecule has 0 amide bonds. The Morgan fingerprint density at radius 1 is 1.29 bits per heavy atom. The van der Waals surface area contributed by atoms with Crippen LogP contribution in [0.5, 0.6) is 0 Å². The first-order valence-corrected chi connectivity index (χ1v) is 11.6. The van der Waals surface area contributed by atoms with Crippen LogP contribution in [0.25, 0.3) is 11.1 Å². The second-order valence-corrected chi connectivity index (χ2v) is 12.6. The first-order chi connectivity index (χ1) is 11.2. The topological polar surface area (TPSA) is 96.2 Å². The van der Waals surface area contributed by atoms with Gasteiger partial charge in [0.15, 0.2) is 5.82 Å². The standard InChI is InChI=1S/C16H24N4O3Si/c1-12-15(13-5-7-14(8-6-13)20(21)22)16(17)18-19(12)11-23-9-10-24(2,3)4/h5-8H,9-11H2,1-4H3,(H2,17,18). The average Bonchev–Trinajstić information content (AvgIpc) is 2.77. The number of nitrogen functional groups attached to an aromatic ring is 1. The summed E-state index contributed by atoms with van der Waals surface area (Å²) in [5.74, 6) is 0.398. The van der Waals surface area contributed by atoms with Gasteiger partial charge in [-0.15, -0.1) is 0 Å². The Balaban J connectivity index is 2.12. The van der Waals surface area contributed by atoms with Crippen LogP contribution in [0.3, 0.4) is 0 Å². The molecular formula is C16H24N4O3Si. The van der Waals surface area contributed by atoms with Crippen molar-refractivity contribution in [1.29, 1.82) is 0 Å². The van der Waals surface area contributed by atoms with E-state index >= 15 is 0 Å². The Hall–Kier alpha value is -2.19. The highest BCUT2D eigenvalue weighted by molar-refractivity contribution is 6.76. The molecule has 7 nitrogen and oxygen atoms in total. The summed E-state index contributed by atoms with van der Waals surface area (Å²) in [4.78, 5) is 10.3. The quantitative estimate of drug-likeness (QED) is 0.356. The van der Waals surface area contributed by atoms with E-state index < -0.39 is 13.0 Å². The van der Waals surface area contributed by atoms with Crippen LogP contribution in [0.2, 0.25) is 25.7 Å². The molecule has 8 heteroatoms. The van der Waals surface area contributed by atoms with Gasteiger partial charge in [0.25, 0.3) is 5.69 Å². The minimum atomic E-state index is -1.12. The Morgan fingerprint density at radius 2 is 1.92 bits per heavy atom. The van der Waals surface area contributed by atoms with Crippen molar-refractivity contribution in [2.45, 2.75) is 39.3 Å². The van der Waals surface area contributed by atoms with E-state index in [1.54, 1.807) is 16.8 Å². The number of nitro groups is 1. The summed E-state index contributed by atoms with van der Waals surface area (Å²) in [6.45, 7) is 9.90. The number of aromatic nitrogens is 2. The first-order valence-electron chi connectivity index (χ1n) is 7.84. The molecule has 1 aromatic heterocycles. The molecule has 1 aromatic carbocycles. The monoisotopic (exact) mass is 348 g/mol. The molecule has 130 valence electrons. The van der Waals surface area contributed by atoms with Crippen LogP contribution in [-0.4, -0.2) is 29.4 Å². The number of anilines is 1. The Kier molecular flexibility index (Phi) is 5.40. The van der Waals surface area contributed by atoms with Gasteiger partial charge in [-0.1, -0.05) is 19.6 Å². The summed E-state index contributed by atoms with van der Waals surface area (Å²) in [5, 5.41) is 15.1. The summed E-state index contributed by atoms with van der Waals surface area (Å²) < 4.78 is 7.45. The van der Waals surface area contributed by atoms with E-state index in [0.29, 0.717) is 19.2 Å². The van der Waals surface area contributed by atoms with E-state index in [0.717, 1.165) is 22.9 Å². The maximum atomic E-state index is 10.8. The number of ether oxygens (including phenoxy) is 1. The fourth-order valence-electron chi connectivity index (χ4n) is 2.33. The van der Waals surface area contributed by atoms with Gasteiger partial charge in [0, 0.05) is 38.1 Å². The maximum Gasteiger partial charge on any atom is 0.269 e. The predicted octanol–water partition coefficient (Wildman–Crippen LogP) is 3.66. The molecule has 0 aliphatic rings. The Morgan fingerprint density at radius 3 is 2.46 bits per heavy atom. The number of benzene rings is 1. The van der Waals surface area contributed by atoms with Crippen molar-refractivity contribution in [2.75, 3.05) is 12.3 Å². The zero-order valence-electron chi connectivity index (χ0n) is 14.6. The molecule has 2 aromatic rings. The van der Waals surface area contributed by atoms with Gasteiger partial charge < -0.3 is 10.5 Å². The van der Waals surface area contributed by atoms with Crippen molar-refractivity contribution < 1.29 is 9.66 Å². The SMILES string of the molecule is Cc1c(-c2ccc([N+](=O)[O-])cc2)c(N)nn1COCC[Si](C)(C)C. The van der Waals surface area contributed by atoms with Crippen molar-refractivity contribution in [2.24, 2.45) is 0 Å². The maximum absolute atomic E-state index is 10.8. The summed E-state index contributed by atoms with van der Waals surface area (Å²) in [6, 6.07) is 7.41. The van der Waals surface area contributed by atoms with Gasteiger partial charge in [0.1, 0.15) is 6.73 Å². The molecule has 24 heavy (non-hydrogen) atoms. The Bertz CT molecular complexity index is 720. The molecule has 0 radical (unpaired) electrons. The van der Waals surface area contributed by atoms with Crippen molar-refractivity contribution in [3.8, 4) is 11.1 Å². The van der Waals surface area contributed by atoms with E-state index in [1.807, 2.05) is 6.92 Å². The Labute approximate surface area is 142 Å². The summed E-state index contributed by atoms with van der Waals surface area (Å²) in [5.41, 5.74) is 8.57. The molecule has 0 atom stereocenters. The van der Waals surface area contributed by atoms with Crippen LogP contribution < -0.4 is 5.73 Å². The molecule has 0 unspecified atom stereocenters. The van der Waals surface area contributed by atoms with Gasteiger partial charge in [-0.3, -0.25) is 10.1 Å². The van der Waals surface area contributed by atoms with Crippen molar-refractivity contribution in [3.05, 3.63) is 40.1 Å². The number of hydrogen-bond acceptors (Lipinski definition) is 5. The third-order valence-electron chi connectivity index (χ3n) is 3.81. The highest BCUT2D eigenvalue weighted by atomic mass is 28.3. The molecule has 0 saturated carbocycles. The van der Waals surface area contributed by atoms with Gasteiger partial charge in [-0.2, -0.15) is 5.10 Å². The molecule has 1 heterocycles. The third-order valence-corrected chi connectivity index (χ3v) is 5.51. The highest BCUT2D eigenvalue weighted by Crippen LogP contribution is 2.30. The van der Waals surface area contributed by atoms with Crippen molar-refractivity contribution >= 4 is 19.6 Å². The van der Waals surface area contributed by atoms with Crippen molar-refractivity contribution in [1.82, 2.24) is 9.78 Å². The summed E-state index contributed by atoms with van der Waals surface area (Å²) >= 11 is 0. The lowest BCUT2D eigenvalue weighted by atomic mass is 10.1. The van der Waals surface area contributed by atoms with E-state index in [4.69, 9.17) is 10.5 Å². The van der Waals surface area contributed by atoms with Crippen LogP contribution in [0.4, 0.5) is 11.5 Å². The fourth-order valence-corrected chi connectivity index (χ4v) is 3.09. The first kappa shape index (κ1) is 18.1. The average molecular weight is 348 g/mol. The molecule has 0 spiro atoms. The zero-order chi connectivity index (χ0) is 17.9. The van der Waals surface area contributed by atoms with Gasteiger partial charge in [-0.25, -0.2) is 4.68 Å². The van der Waals surface area contributed by atoms with E-state index in [2.05, 4.69) is 24.7 Å². The third kappa shape index (κ3) is 4.42. The largest absolute Gasteiger partial charge is 0.382 e. The van der Waals surface area contributed by atoms with Crippen LogP contribution in [0, 0.1) is 17.0 Å². The number of nitrogens with two attached hydrogens (primary N) is 1. The lowest BCUT2D eigenvalue weighted by Gasteiger charge is -2.15. The molecule has 0 bridgehead atoms. The van der Waals surface area contributed by atoms with Crippen LogP contribution >= 0.6 is 0 Å². The van der Waals surface area contributed by atoms with Crippen LogP contribution in [0.1, 0.15) is 5.69 Å². The van der Waals surface area contributed by atoms with Gasteiger partial charge in [0.2, 0.25) is 0 Å². The minimum absolute atomic E-state index is 0.0528. The van der Waals surface area contributed by atoms with E-state index in [1.165, 1.54) is 12.1 Å². The number of rotatable bonds is 7. The molecule has 0 aliphatic heterocycles. The molecule has 0 saturated heterocycles. The van der Waals surface area contributed by atoms with E-state index in [9.17, 15) is 10.1 Å². The normalized spacial score (nSPS) is 11.7. The van der Waals surface area contributed by atoms with Gasteiger partial charge >= 0.3 is 0 Å². The molecular weight excluding hydrogens is 324 g/mol. The molecule has 2 N–H and O–H groups in total. The fraction of sp³-hybridized carbons (Fsp3) is 0.438. The minimum Gasteiger partial charge on any atom is -0.382 e. The number of non-ortho nitro benzene ring substituents is 1. The number of nitro benzene ring substituents is 1. The smallest absolute Gasteiger partial charge is 0.269 e. The zero-order valence-corrected chi connectivity index (χ0v) is 15.6. The van der Waals surface area contributed by atoms with Crippen molar-refractivity contribution in [3.63, 3.8) is 0 Å². The molecule has 0 fully saturated rings. The second kappa shape index (κ2) is 7.14. The molecule has 2 rings (SSSR count). The van der Waals surface area contributed by atoms with Gasteiger partial charge in [-0.05, 0) is 30.7 Å². The van der Waals surface area contributed by atoms with Gasteiger partial charge in [0.05, 0.1) is 4.92 Å². The van der Waals surface area contributed by atoms with Crippen LogP contribution in [0.15, 0.2) is 24.3 Å². The van der Waals surface area contributed by atoms with E-state index in [-0.39, 0.29) is 5.69 Å². The lowest BCUT2D eigenvalue weighted by molar-refractivity contribution is -0.384. The van der Waals surface area contributed by atoms with Crippen LogP contribution in [-0.2, 0) is 11.5 Å². The summed E-state index contributed by atoms with van der Waals surface area (Å²) in [7, 11) is -1.12. The predicted molar refractivity (Wildman–Crippen MR) is 97.6 cm³/mol. The highest BCUT2D eigenvalue weighted by Gasteiger charge is 2.16. The number of nitrogens with zero attached hydrogens (tertiary/aromatic N) is 3. The second-order valence-electron chi connectivity index (χ2n) is 7.00.